The van der Waals surface area contributed by atoms with Crippen LogP contribution in [0.2, 0.25) is 0 Å². The highest BCUT2D eigenvalue weighted by Gasteiger charge is 2.21. The van der Waals surface area contributed by atoms with E-state index in [1.54, 1.807) is 0 Å². The molecule has 0 fully saturated rings. The second-order valence-electron chi connectivity index (χ2n) is 4.65. The molecular weight excluding hydrogens is 230 g/mol. The molecule has 0 radical (unpaired) electrons. The van der Waals surface area contributed by atoms with E-state index in [4.69, 9.17) is 4.52 Å². The molecule has 1 rings (SSSR count). The normalized spacial score (nSPS) is 10.8. The SMILES string of the molecule is CCCCCCCc1noc(CCC)c1C(=O)O. The van der Waals surface area contributed by atoms with E-state index in [0.717, 1.165) is 19.3 Å². The van der Waals surface area contributed by atoms with Crippen LogP contribution in [-0.4, -0.2) is 16.2 Å². The fourth-order valence-corrected chi connectivity index (χ4v) is 2.07. The summed E-state index contributed by atoms with van der Waals surface area (Å²) >= 11 is 0. The zero-order valence-electron chi connectivity index (χ0n) is 11.4. The van der Waals surface area contributed by atoms with Crippen molar-refractivity contribution in [3.8, 4) is 0 Å². The van der Waals surface area contributed by atoms with Crippen LogP contribution in [0, 0.1) is 0 Å². The molecule has 0 saturated heterocycles. The lowest BCUT2D eigenvalue weighted by atomic mass is 10.0. The van der Waals surface area contributed by atoms with Crippen molar-refractivity contribution >= 4 is 5.97 Å². The number of carboxylic acids is 1. The third-order valence-corrected chi connectivity index (χ3v) is 3.04. The number of hydrogen-bond donors (Lipinski definition) is 1. The zero-order valence-corrected chi connectivity index (χ0v) is 11.4. The third kappa shape index (κ3) is 4.17. The summed E-state index contributed by atoms with van der Waals surface area (Å²) in [7, 11) is 0. The van der Waals surface area contributed by atoms with E-state index in [9.17, 15) is 9.90 Å². The largest absolute Gasteiger partial charge is 0.477 e. The van der Waals surface area contributed by atoms with Crippen LogP contribution < -0.4 is 0 Å². The van der Waals surface area contributed by atoms with Crippen molar-refractivity contribution in [3.63, 3.8) is 0 Å². The molecule has 18 heavy (non-hydrogen) atoms. The molecule has 0 spiro atoms. The van der Waals surface area contributed by atoms with E-state index in [2.05, 4.69) is 12.1 Å². The molecule has 0 amide bonds. The van der Waals surface area contributed by atoms with Crippen molar-refractivity contribution < 1.29 is 14.4 Å². The van der Waals surface area contributed by atoms with Gasteiger partial charge in [0.2, 0.25) is 0 Å². The first-order valence-electron chi connectivity index (χ1n) is 6.91. The molecule has 1 N–H and O–H groups in total. The molecule has 0 bridgehead atoms. The van der Waals surface area contributed by atoms with Crippen LogP contribution in [0.4, 0.5) is 0 Å². The standard InChI is InChI=1S/C14H23NO3/c1-3-5-6-7-8-10-11-13(14(16)17)12(9-4-2)18-15-11/h3-10H2,1-2H3,(H,16,17). The van der Waals surface area contributed by atoms with Crippen molar-refractivity contribution in [1.82, 2.24) is 5.16 Å². The van der Waals surface area contributed by atoms with E-state index >= 15 is 0 Å². The molecule has 0 aromatic carbocycles. The summed E-state index contributed by atoms with van der Waals surface area (Å²) in [4.78, 5) is 11.2. The Hall–Kier alpha value is -1.32. The van der Waals surface area contributed by atoms with Gasteiger partial charge in [0.15, 0.2) is 5.76 Å². The fraction of sp³-hybridized carbons (Fsp3) is 0.714. The Morgan fingerprint density at radius 3 is 2.44 bits per heavy atom. The average molecular weight is 253 g/mol. The number of aryl methyl sites for hydroxylation is 2. The molecular formula is C14H23NO3. The molecule has 0 aliphatic heterocycles. The number of carbonyl (C=O) groups is 1. The average Bonchev–Trinajstić information content (AvgIpc) is 2.72. The smallest absolute Gasteiger partial charge is 0.341 e. The van der Waals surface area contributed by atoms with Crippen LogP contribution >= 0.6 is 0 Å². The van der Waals surface area contributed by atoms with E-state index in [0.29, 0.717) is 29.9 Å². The lowest BCUT2D eigenvalue weighted by molar-refractivity contribution is 0.0693. The number of nitrogens with zero attached hydrogens (tertiary/aromatic N) is 1. The molecule has 0 saturated carbocycles. The minimum atomic E-state index is -0.914. The maximum absolute atomic E-state index is 11.2. The summed E-state index contributed by atoms with van der Waals surface area (Å²) in [5.41, 5.74) is 0.912. The molecule has 0 unspecified atom stereocenters. The van der Waals surface area contributed by atoms with Crippen LogP contribution in [0.15, 0.2) is 4.52 Å². The van der Waals surface area contributed by atoms with Crippen LogP contribution in [0.25, 0.3) is 0 Å². The quantitative estimate of drug-likeness (QED) is 0.679. The first-order chi connectivity index (χ1) is 8.70. The maximum Gasteiger partial charge on any atom is 0.341 e. The fourth-order valence-electron chi connectivity index (χ4n) is 2.07. The zero-order chi connectivity index (χ0) is 13.4. The second kappa shape index (κ2) is 7.90. The van der Waals surface area contributed by atoms with Gasteiger partial charge in [-0.2, -0.15) is 0 Å². The minimum Gasteiger partial charge on any atom is -0.477 e. The monoisotopic (exact) mass is 253 g/mol. The first-order valence-corrected chi connectivity index (χ1v) is 6.91. The van der Waals surface area contributed by atoms with Gasteiger partial charge in [-0.05, 0) is 19.3 Å². The highest BCUT2D eigenvalue weighted by atomic mass is 16.5. The molecule has 4 heteroatoms. The maximum atomic E-state index is 11.2. The van der Waals surface area contributed by atoms with Crippen LogP contribution in [-0.2, 0) is 12.8 Å². The van der Waals surface area contributed by atoms with Gasteiger partial charge < -0.3 is 9.63 Å². The highest BCUT2D eigenvalue weighted by Crippen LogP contribution is 2.18. The Labute approximate surface area is 108 Å². The lowest BCUT2D eigenvalue weighted by Gasteiger charge is -1.99. The highest BCUT2D eigenvalue weighted by molar-refractivity contribution is 5.89. The van der Waals surface area contributed by atoms with Gasteiger partial charge in [0.05, 0.1) is 5.69 Å². The molecule has 0 atom stereocenters. The van der Waals surface area contributed by atoms with Gasteiger partial charge >= 0.3 is 5.97 Å². The number of unbranched alkanes of at least 4 members (excludes halogenated alkanes) is 4. The van der Waals surface area contributed by atoms with Crippen LogP contribution in [0.3, 0.4) is 0 Å². The Morgan fingerprint density at radius 1 is 1.11 bits per heavy atom. The van der Waals surface area contributed by atoms with Crippen molar-refractivity contribution in [2.75, 3.05) is 0 Å². The van der Waals surface area contributed by atoms with E-state index in [-0.39, 0.29) is 0 Å². The lowest BCUT2D eigenvalue weighted by Crippen LogP contribution is -2.03. The Balaban J connectivity index is 2.56. The van der Waals surface area contributed by atoms with Gasteiger partial charge in [-0.3, -0.25) is 0 Å². The Bertz CT molecular complexity index is 371. The van der Waals surface area contributed by atoms with Gasteiger partial charge in [0.25, 0.3) is 0 Å². The third-order valence-electron chi connectivity index (χ3n) is 3.04. The van der Waals surface area contributed by atoms with Crippen LogP contribution in [0.5, 0.6) is 0 Å². The molecule has 1 aromatic heterocycles. The minimum absolute atomic E-state index is 0.298. The predicted octanol–water partition coefficient (Wildman–Crippen LogP) is 3.84. The Kier molecular flexibility index (Phi) is 6.47. The Morgan fingerprint density at radius 2 is 1.83 bits per heavy atom. The number of hydrogen-bond acceptors (Lipinski definition) is 3. The number of aromatic nitrogens is 1. The number of aromatic carboxylic acids is 1. The van der Waals surface area contributed by atoms with Crippen molar-refractivity contribution in [1.29, 1.82) is 0 Å². The van der Waals surface area contributed by atoms with Crippen molar-refractivity contribution in [3.05, 3.63) is 17.0 Å². The van der Waals surface area contributed by atoms with Gasteiger partial charge in [-0.25, -0.2) is 4.79 Å². The summed E-state index contributed by atoms with van der Waals surface area (Å²) in [5.74, 6) is -0.392. The molecule has 4 nitrogen and oxygen atoms in total. The molecule has 1 heterocycles. The van der Waals surface area contributed by atoms with Gasteiger partial charge in [-0.15, -0.1) is 0 Å². The second-order valence-corrected chi connectivity index (χ2v) is 4.65. The van der Waals surface area contributed by atoms with E-state index < -0.39 is 5.97 Å². The predicted molar refractivity (Wildman–Crippen MR) is 69.9 cm³/mol. The van der Waals surface area contributed by atoms with Gasteiger partial charge in [-0.1, -0.05) is 44.7 Å². The van der Waals surface area contributed by atoms with Crippen LogP contribution in [0.1, 0.15) is 74.2 Å². The molecule has 102 valence electrons. The van der Waals surface area contributed by atoms with Gasteiger partial charge in [0.1, 0.15) is 5.56 Å². The first kappa shape index (κ1) is 14.7. The molecule has 1 aromatic rings. The molecule has 0 aliphatic carbocycles. The summed E-state index contributed by atoms with van der Waals surface area (Å²) in [6, 6.07) is 0. The number of carboxylic acid groups (broad SMARTS) is 1. The summed E-state index contributed by atoms with van der Waals surface area (Å²) < 4.78 is 5.14. The molecule has 0 aliphatic rings. The topological polar surface area (TPSA) is 63.3 Å². The van der Waals surface area contributed by atoms with E-state index in [1.165, 1.54) is 19.3 Å². The van der Waals surface area contributed by atoms with Crippen molar-refractivity contribution in [2.45, 2.75) is 65.2 Å². The van der Waals surface area contributed by atoms with E-state index in [1.807, 2.05) is 6.92 Å². The van der Waals surface area contributed by atoms with Gasteiger partial charge in [0, 0.05) is 6.42 Å². The summed E-state index contributed by atoms with van der Waals surface area (Å²) in [6.07, 6.45) is 7.99. The summed E-state index contributed by atoms with van der Waals surface area (Å²) in [6.45, 7) is 4.18. The summed E-state index contributed by atoms with van der Waals surface area (Å²) in [5, 5.41) is 13.1. The van der Waals surface area contributed by atoms with Crippen molar-refractivity contribution in [2.24, 2.45) is 0 Å². The number of rotatable bonds is 9.